The molecular formula is C14H7F5IN3O. The van der Waals surface area contributed by atoms with Crippen LogP contribution in [0.25, 0.3) is 11.2 Å². The zero-order chi connectivity index (χ0) is 17.6. The van der Waals surface area contributed by atoms with Crippen molar-refractivity contribution in [2.45, 2.75) is 12.6 Å². The third-order valence-corrected chi connectivity index (χ3v) is 4.14. The summed E-state index contributed by atoms with van der Waals surface area (Å²) in [6.45, 7) is 0. The minimum atomic E-state index is -4.53. The van der Waals surface area contributed by atoms with Crippen LogP contribution in [0.4, 0.5) is 22.0 Å². The molecule has 2 aromatic heterocycles. The van der Waals surface area contributed by atoms with E-state index >= 15 is 0 Å². The highest BCUT2D eigenvalue weighted by molar-refractivity contribution is 14.1. The summed E-state index contributed by atoms with van der Waals surface area (Å²) in [6, 6.07) is 3.68. The summed E-state index contributed by atoms with van der Waals surface area (Å²) < 4.78 is 66.4. The van der Waals surface area contributed by atoms with E-state index in [1.54, 1.807) is 22.6 Å². The van der Waals surface area contributed by atoms with Gasteiger partial charge in [-0.25, -0.2) is 13.3 Å². The van der Waals surface area contributed by atoms with Gasteiger partial charge in [-0.05, 0) is 46.9 Å². The number of benzene rings is 1. The molecule has 0 radical (unpaired) electrons. The third-order valence-electron chi connectivity index (χ3n) is 3.35. The van der Waals surface area contributed by atoms with E-state index in [1.807, 2.05) is 0 Å². The second kappa shape index (κ2) is 5.83. The predicted molar refractivity (Wildman–Crippen MR) is 83.5 cm³/mol. The second-order valence-electron chi connectivity index (χ2n) is 4.83. The molecule has 0 atom stereocenters. The zero-order valence-corrected chi connectivity index (χ0v) is 13.7. The van der Waals surface area contributed by atoms with Crippen LogP contribution in [0.15, 0.2) is 41.5 Å². The molecule has 0 aliphatic rings. The Bertz CT molecular complexity index is 959. The lowest BCUT2D eigenvalue weighted by Gasteiger charge is -2.12. The first kappa shape index (κ1) is 16.9. The highest BCUT2D eigenvalue weighted by Gasteiger charge is 2.30. The average Bonchev–Trinajstić information content (AvgIpc) is 2.89. The predicted octanol–water partition coefficient (Wildman–Crippen LogP) is 4.05. The van der Waals surface area contributed by atoms with Crippen LogP contribution in [0.5, 0.6) is 0 Å². The standard InChI is InChI=1S/C14H7F5IN3O/c15-12(16)10-6-22(13(24)11-9(20)5-21-23(10)11)8-3-1-7(2-4-8)14(17,18)19/h1-6,12H. The maximum absolute atomic E-state index is 13.2. The van der Waals surface area contributed by atoms with Crippen molar-refractivity contribution in [2.24, 2.45) is 0 Å². The minimum absolute atomic E-state index is 0.0504. The Labute approximate surface area is 144 Å². The third kappa shape index (κ3) is 2.78. The molecule has 0 amide bonds. The highest BCUT2D eigenvalue weighted by Crippen LogP contribution is 2.29. The Morgan fingerprint density at radius 3 is 2.29 bits per heavy atom. The van der Waals surface area contributed by atoms with Gasteiger partial charge in [0, 0.05) is 11.9 Å². The van der Waals surface area contributed by atoms with Crippen LogP contribution in [0.1, 0.15) is 17.7 Å². The molecule has 0 saturated carbocycles. The summed E-state index contributed by atoms with van der Waals surface area (Å²) in [5.74, 6) is 0. The van der Waals surface area contributed by atoms with Gasteiger partial charge < -0.3 is 0 Å². The van der Waals surface area contributed by atoms with Crippen molar-refractivity contribution < 1.29 is 22.0 Å². The van der Waals surface area contributed by atoms with E-state index in [1.165, 1.54) is 6.20 Å². The molecule has 10 heteroatoms. The van der Waals surface area contributed by atoms with Crippen LogP contribution in [0.3, 0.4) is 0 Å². The minimum Gasteiger partial charge on any atom is -0.280 e. The molecule has 0 N–H and O–H groups in total. The largest absolute Gasteiger partial charge is 0.416 e. The Hall–Kier alpha value is -1.98. The van der Waals surface area contributed by atoms with Gasteiger partial charge in [0.05, 0.1) is 15.3 Å². The summed E-state index contributed by atoms with van der Waals surface area (Å²) >= 11 is 1.78. The number of alkyl halides is 5. The quantitative estimate of drug-likeness (QED) is 0.433. The van der Waals surface area contributed by atoms with E-state index in [-0.39, 0.29) is 11.2 Å². The number of aromatic nitrogens is 3. The van der Waals surface area contributed by atoms with Crippen molar-refractivity contribution in [1.82, 2.24) is 14.2 Å². The molecule has 0 aliphatic carbocycles. The number of nitrogens with zero attached hydrogens (tertiary/aromatic N) is 3. The zero-order valence-electron chi connectivity index (χ0n) is 11.6. The Morgan fingerprint density at radius 2 is 1.75 bits per heavy atom. The van der Waals surface area contributed by atoms with Crippen LogP contribution < -0.4 is 5.56 Å². The first-order valence-corrected chi connectivity index (χ1v) is 7.52. The van der Waals surface area contributed by atoms with Crippen molar-refractivity contribution in [3.8, 4) is 5.69 Å². The fourth-order valence-electron chi connectivity index (χ4n) is 2.23. The van der Waals surface area contributed by atoms with Gasteiger partial charge in [0.1, 0.15) is 11.2 Å². The molecule has 0 fully saturated rings. The van der Waals surface area contributed by atoms with Crippen molar-refractivity contribution in [1.29, 1.82) is 0 Å². The van der Waals surface area contributed by atoms with Crippen molar-refractivity contribution >= 4 is 28.1 Å². The smallest absolute Gasteiger partial charge is 0.280 e. The maximum atomic E-state index is 13.2. The lowest BCUT2D eigenvalue weighted by molar-refractivity contribution is -0.137. The summed E-state index contributed by atoms with van der Waals surface area (Å²) in [7, 11) is 0. The van der Waals surface area contributed by atoms with Gasteiger partial charge in [-0.15, -0.1) is 0 Å². The van der Waals surface area contributed by atoms with Crippen LogP contribution in [0.2, 0.25) is 0 Å². The van der Waals surface area contributed by atoms with E-state index < -0.39 is 29.4 Å². The Morgan fingerprint density at radius 1 is 1.12 bits per heavy atom. The lowest BCUT2D eigenvalue weighted by Crippen LogP contribution is -2.23. The fourth-order valence-corrected chi connectivity index (χ4v) is 2.81. The molecular weight excluding hydrogens is 448 g/mol. The summed E-state index contributed by atoms with van der Waals surface area (Å²) in [4.78, 5) is 12.5. The summed E-state index contributed by atoms with van der Waals surface area (Å²) in [5.41, 5.74) is -2.09. The molecule has 0 spiro atoms. The Kier molecular flexibility index (Phi) is 4.10. The number of fused-ring (bicyclic) bond motifs is 1. The Balaban J connectivity index is 2.25. The molecule has 2 heterocycles. The summed E-state index contributed by atoms with van der Waals surface area (Å²) in [5, 5.41) is 3.75. The monoisotopic (exact) mass is 455 g/mol. The van der Waals surface area contributed by atoms with Gasteiger partial charge in [0.2, 0.25) is 0 Å². The normalized spacial score (nSPS) is 12.3. The van der Waals surface area contributed by atoms with Gasteiger partial charge in [0.15, 0.2) is 0 Å². The molecule has 0 aliphatic heterocycles. The number of hydrogen-bond donors (Lipinski definition) is 0. The van der Waals surface area contributed by atoms with Gasteiger partial charge >= 0.3 is 6.18 Å². The molecule has 1 aromatic carbocycles. The van der Waals surface area contributed by atoms with Crippen LogP contribution in [-0.4, -0.2) is 14.2 Å². The van der Waals surface area contributed by atoms with E-state index in [9.17, 15) is 26.7 Å². The SMILES string of the molecule is O=c1c2c(I)cnn2c(C(F)F)cn1-c1ccc(C(F)(F)F)cc1. The van der Waals surface area contributed by atoms with Gasteiger partial charge in [-0.1, -0.05) is 0 Å². The van der Waals surface area contributed by atoms with Gasteiger partial charge in [0.25, 0.3) is 12.0 Å². The molecule has 0 bridgehead atoms. The summed E-state index contributed by atoms with van der Waals surface area (Å²) in [6.07, 6.45) is -5.29. The van der Waals surface area contributed by atoms with E-state index in [0.29, 0.717) is 3.57 Å². The van der Waals surface area contributed by atoms with Crippen molar-refractivity contribution in [3.63, 3.8) is 0 Å². The van der Waals surface area contributed by atoms with Gasteiger partial charge in [-0.2, -0.15) is 18.3 Å². The molecule has 4 nitrogen and oxygen atoms in total. The topological polar surface area (TPSA) is 39.3 Å². The molecule has 0 unspecified atom stereocenters. The number of halogens is 6. The van der Waals surface area contributed by atoms with E-state index in [0.717, 1.165) is 39.5 Å². The lowest BCUT2D eigenvalue weighted by atomic mass is 10.2. The highest BCUT2D eigenvalue weighted by atomic mass is 127. The first-order valence-electron chi connectivity index (χ1n) is 6.44. The second-order valence-corrected chi connectivity index (χ2v) is 5.99. The number of hydrogen-bond acceptors (Lipinski definition) is 2. The van der Waals surface area contributed by atoms with E-state index in [2.05, 4.69) is 5.10 Å². The molecule has 3 aromatic rings. The van der Waals surface area contributed by atoms with Crippen LogP contribution >= 0.6 is 22.6 Å². The van der Waals surface area contributed by atoms with Crippen molar-refractivity contribution in [2.75, 3.05) is 0 Å². The maximum Gasteiger partial charge on any atom is 0.416 e. The fraction of sp³-hybridized carbons (Fsp3) is 0.143. The number of rotatable bonds is 2. The molecule has 0 saturated heterocycles. The first-order chi connectivity index (χ1) is 11.2. The molecule has 126 valence electrons. The van der Waals surface area contributed by atoms with E-state index in [4.69, 9.17) is 0 Å². The molecule has 3 rings (SSSR count). The van der Waals surface area contributed by atoms with Crippen LogP contribution in [0, 0.1) is 3.57 Å². The average molecular weight is 455 g/mol. The van der Waals surface area contributed by atoms with Gasteiger partial charge in [-0.3, -0.25) is 9.36 Å². The van der Waals surface area contributed by atoms with Crippen molar-refractivity contribution in [3.05, 3.63) is 61.8 Å². The van der Waals surface area contributed by atoms with Crippen LogP contribution in [-0.2, 0) is 6.18 Å². The molecule has 24 heavy (non-hydrogen) atoms.